The van der Waals surface area contributed by atoms with Gasteiger partial charge in [0.2, 0.25) is 0 Å². The van der Waals surface area contributed by atoms with Crippen molar-refractivity contribution in [3.05, 3.63) is 0 Å². The molecule has 86 valence electrons. The molecule has 2 heteroatoms. The first-order chi connectivity index (χ1) is 6.76. The second-order valence-electron chi connectivity index (χ2n) is 4.28. The van der Waals surface area contributed by atoms with E-state index in [2.05, 4.69) is 26.5 Å². The Morgan fingerprint density at radius 2 is 1.86 bits per heavy atom. The van der Waals surface area contributed by atoms with E-state index in [0.717, 1.165) is 24.0 Å². The SMILES string of the molecule is CCCC(C)C(CS)CCCCCO. The average molecular weight is 218 g/mol. The second-order valence-corrected chi connectivity index (χ2v) is 4.65. The van der Waals surface area contributed by atoms with Gasteiger partial charge in [-0.05, 0) is 30.4 Å². The molecule has 0 aromatic carbocycles. The van der Waals surface area contributed by atoms with Crippen LogP contribution in [0.4, 0.5) is 0 Å². The highest BCUT2D eigenvalue weighted by atomic mass is 32.1. The molecule has 2 atom stereocenters. The number of rotatable bonds is 9. The Kier molecular flexibility index (Phi) is 10.1. The van der Waals surface area contributed by atoms with E-state index in [9.17, 15) is 0 Å². The summed E-state index contributed by atoms with van der Waals surface area (Å²) < 4.78 is 0. The first-order valence-electron chi connectivity index (χ1n) is 5.97. The van der Waals surface area contributed by atoms with Crippen LogP contribution in [0.5, 0.6) is 0 Å². The molecule has 14 heavy (non-hydrogen) atoms. The summed E-state index contributed by atoms with van der Waals surface area (Å²) in [4.78, 5) is 0. The zero-order valence-corrected chi connectivity index (χ0v) is 10.6. The summed E-state index contributed by atoms with van der Waals surface area (Å²) in [5.74, 6) is 2.60. The zero-order valence-electron chi connectivity index (χ0n) is 9.71. The Labute approximate surface area is 94.7 Å². The standard InChI is InChI=1S/C12H26OS/c1-3-7-11(2)12(10-14)8-5-4-6-9-13/h11-14H,3-10H2,1-2H3. The summed E-state index contributed by atoms with van der Waals surface area (Å²) in [6.45, 7) is 4.93. The van der Waals surface area contributed by atoms with Crippen molar-refractivity contribution in [3.63, 3.8) is 0 Å². The van der Waals surface area contributed by atoms with Crippen molar-refractivity contribution < 1.29 is 5.11 Å². The van der Waals surface area contributed by atoms with E-state index in [4.69, 9.17) is 5.11 Å². The van der Waals surface area contributed by atoms with Crippen LogP contribution in [0.3, 0.4) is 0 Å². The summed E-state index contributed by atoms with van der Waals surface area (Å²) in [5.41, 5.74) is 0. The molecule has 0 saturated heterocycles. The van der Waals surface area contributed by atoms with Gasteiger partial charge in [0.1, 0.15) is 0 Å². The molecule has 0 spiro atoms. The van der Waals surface area contributed by atoms with E-state index >= 15 is 0 Å². The Morgan fingerprint density at radius 1 is 1.14 bits per heavy atom. The number of aliphatic hydroxyl groups is 1. The van der Waals surface area contributed by atoms with E-state index in [-0.39, 0.29) is 0 Å². The van der Waals surface area contributed by atoms with E-state index in [0.29, 0.717) is 6.61 Å². The Balaban J connectivity index is 3.56. The van der Waals surface area contributed by atoms with Gasteiger partial charge in [0.05, 0.1) is 0 Å². The number of aliphatic hydroxyl groups excluding tert-OH is 1. The lowest BCUT2D eigenvalue weighted by molar-refractivity contribution is 0.276. The lowest BCUT2D eigenvalue weighted by Gasteiger charge is -2.21. The van der Waals surface area contributed by atoms with Gasteiger partial charge in [-0.3, -0.25) is 0 Å². The summed E-state index contributed by atoms with van der Waals surface area (Å²) in [6.07, 6.45) is 7.26. The van der Waals surface area contributed by atoms with Crippen LogP contribution in [0.25, 0.3) is 0 Å². The molecule has 0 aliphatic rings. The quantitative estimate of drug-likeness (QED) is 0.448. The molecule has 2 unspecified atom stereocenters. The molecule has 0 aliphatic heterocycles. The minimum Gasteiger partial charge on any atom is -0.396 e. The Hall–Kier alpha value is 0.310. The number of unbranched alkanes of at least 4 members (excludes halogenated alkanes) is 2. The Bertz CT molecular complexity index is 117. The van der Waals surface area contributed by atoms with Crippen LogP contribution >= 0.6 is 12.6 Å². The zero-order chi connectivity index (χ0) is 10.8. The maximum Gasteiger partial charge on any atom is 0.0431 e. The third kappa shape index (κ3) is 6.72. The molecule has 0 aliphatic carbocycles. The number of hydrogen-bond donors (Lipinski definition) is 2. The molecule has 0 heterocycles. The second kappa shape index (κ2) is 9.85. The largest absolute Gasteiger partial charge is 0.396 e. The Morgan fingerprint density at radius 3 is 2.36 bits per heavy atom. The molecule has 1 N–H and O–H groups in total. The van der Waals surface area contributed by atoms with Crippen LogP contribution in [-0.2, 0) is 0 Å². The van der Waals surface area contributed by atoms with Crippen molar-refractivity contribution in [3.8, 4) is 0 Å². The first-order valence-corrected chi connectivity index (χ1v) is 6.61. The fourth-order valence-electron chi connectivity index (χ4n) is 1.94. The smallest absolute Gasteiger partial charge is 0.0431 e. The van der Waals surface area contributed by atoms with Gasteiger partial charge in [-0.15, -0.1) is 0 Å². The third-order valence-electron chi connectivity index (χ3n) is 3.02. The first kappa shape index (κ1) is 14.3. The van der Waals surface area contributed by atoms with Crippen molar-refractivity contribution in [2.45, 2.75) is 52.4 Å². The van der Waals surface area contributed by atoms with Gasteiger partial charge in [-0.2, -0.15) is 12.6 Å². The van der Waals surface area contributed by atoms with E-state index in [1.54, 1.807) is 0 Å². The van der Waals surface area contributed by atoms with Gasteiger partial charge in [0.15, 0.2) is 0 Å². The third-order valence-corrected chi connectivity index (χ3v) is 3.49. The summed E-state index contributed by atoms with van der Waals surface area (Å²) >= 11 is 4.42. The van der Waals surface area contributed by atoms with E-state index in [1.807, 2.05) is 0 Å². The van der Waals surface area contributed by atoms with Crippen LogP contribution in [-0.4, -0.2) is 17.5 Å². The normalized spacial score (nSPS) is 15.4. The molecule has 0 aromatic rings. The number of hydrogen-bond acceptors (Lipinski definition) is 2. The number of thiol groups is 1. The fraction of sp³-hybridized carbons (Fsp3) is 1.00. The fourth-order valence-corrected chi connectivity index (χ4v) is 2.48. The highest BCUT2D eigenvalue weighted by Gasteiger charge is 2.14. The van der Waals surface area contributed by atoms with Crippen molar-refractivity contribution in [1.82, 2.24) is 0 Å². The van der Waals surface area contributed by atoms with Crippen LogP contribution < -0.4 is 0 Å². The summed E-state index contributed by atoms with van der Waals surface area (Å²) in [6, 6.07) is 0. The summed E-state index contributed by atoms with van der Waals surface area (Å²) in [7, 11) is 0. The van der Waals surface area contributed by atoms with Gasteiger partial charge >= 0.3 is 0 Å². The molecule has 0 saturated carbocycles. The van der Waals surface area contributed by atoms with Gasteiger partial charge in [-0.1, -0.05) is 39.5 Å². The highest BCUT2D eigenvalue weighted by molar-refractivity contribution is 7.80. The van der Waals surface area contributed by atoms with Crippen LogP contribution in [0.15, 0.2) is 0 Å². The van der Waals surface area contributed by atoms with Gasteiger partial charge in [-0.25, -0.2) is 0 Å². The predicted octanol–water partition coefficient (Wildman–Crippen LogP) is 3.52. The van der Waals surface area contributed by atoms with Crippen LogP contribution in [0, 0.1) is 11.8 Å². The molecular weight excluding hydrogens is 192 g/mol. The van der Waals surface area contributed by atoms with E-state index in [1.165, 1.54) is 32.1 Å². The minimum atomic E-state index is 0.343. The molecule has 0 bridgehead atoms. The average Bonchev–Trinajstić information content (AvgIpc) is 2.18. The van der Waals surface area contributed by atoms with Gasteiger partial charge < -0.3 is 5.11 Å². The molecule has 0 rings (SSSR count). The van der Waals surface area contributed by atoms with Crippen LogP contribution in [0.1, 0.15) is 52.4 Å². The van der Waals surface area contributed by atoms with Gasteiger partial charge in [0.25, 0.3) is 0 Å². The molecule has 0 aromatic heterocycles. The topological polar surface area (TPSA) is 20.2 Å². The predicted molar refractivity (Wildman–Crippen MR) is 67.0 cm³/mol. The maximum absolute atomic E-state index is 8.67. The van der Waals surface area contributed by atoms with Crippen LogP contribution in [0.2, 0.25) is 0 Å². The highest BCUT2D eigenvalue weighted by Crippen LogP contribution is 2.24. The van der Waals surface area contributed by atoms with Gasteiger partial charge in [0, 0.05) is 6.61 Å². The summed E-state index contributed by atoms with van der Waals surface area (Å²) in [5, 5.41) is 8.67. The molecule has 0 amide bonds. The minimum absolute atomic E-state index is 0.343. The molecule has 1 nitrogen and oxygen atoms in total. The lowest BCUT2D eigenvalue weighted by Crippen LogP contribution is -2.13. The maximum atomic E-state index is 8.67. The molecule has 0 fully saturated rings. The molecule has 0 radical (unpaired) electrons. The van der Waals surface area contributed by atoms with Crippen molar-refractivity contribution >= 4 is 12.6 Å². The van der Waals surface area contributed by atoms with Crippen molar-refractivity contribution in [1.29, 1.82) is 0 Å². The van der Waals surface area contributed by atoms with Crippen molar-refractivity contribution in [2.75, 3.05) is 12.4 Å². The monoisotopic (exact) mass is 218 g/mol. The van der Waals surface area contributed by atoms with Crippen molar-refractivity contribution in [2.24, 2.45) is 11.8 Å². The lowest BCUT2D eigenvalue weighted by atomic mass is 9.87. The van der Waals surface area contributed by atoms with E-state index < -0.39 is 0 Å². The molecular formula is C12H26OS.